The lowest BCUT2D eigenvalue weighted by molar-refractivity contribution is -0.151. The van der Waals surface area contributed by atoms with Crippen LogP contribution < -0.4 is 5.32 Å². The number of nitrogens with zero attached hydrogens (tertiary/aromatic N) is 1. The fraction of sp³-hybridized carbons (Fsp3) is 0.800. The lowest BCUT2D eigenvalue weighted by atomic mass is 9.86. The van der Waals surface area contributed by atoms with Crippen LogP contribution in [0, 0.1) is 5.92 Å². The fourth-order valence-corrected chi connectivity index (χ4v) is 3.71. The molecule has 0 radical (unpaired) electrons. The van der Waals surface area contributed by atoms with Gasteiger partial charge >= 0.3 is 5.97 Å². The van der Waals surface area contributed by atoms with Crippen molar-refractivity contribution in [2.45, 2.75) is 63.5 Å². The average Bonchev–Trinajstić information content (AvgIpc) is 3.08. The van der Waals surface area contributed by atoms with Crippen molar-refractivity contribution in [3.8, 4) is 0 Å². The largest absolute Gasteiger partial charge is 0.480 e. The fourth-order valence-electron chi connectivity index (χ4n) is 3.71. The van der Waals surface area contributed by atoms with Gasteiger partial charge in [0.2, 0.25) is 12.3 Å². The van der Waals surface area contributed by atoms with Crippen molar-refractivity contribution in [1.82, 2.24) is 10.2 Å². The number of nitrogens with one attached hydrogen (secondary N) is 1. The first-order chi connectivity index (χ1) is 9.98. The molecule has 2 N–H and O–H groups in total. The minimum absolute atomic E-state index is 0.258. The van der Waals surface area contributed by atoms with Gasteiger partial charge in [-0.05, 0) is 32.1 Å². The summed E-state index contributed by atoms with van der Waals surface area (Å²) in [6.07, 6.45) is 6.81. The summed E-state index contributed by atoms with van der Waals surface area (Å²) in [4.78, 5) is 36.4. The Morgan fingerprint density at radius 3 is 2.52 bits per heavy atom. The highest BCUT2D eigenvalue weighted by molar-refractivity contribution is 5.91. The van der Waals surface area contributed by atoms with E-state index in [-0.39, 0.29) is 5.91 Å². The average molecular weight is 296 g/mol. The molecule has 118 valence electrons. The van der Waals surface area contributed by atoms with Crippen LogP contribution >= 0.6 is 0 Å². The summed E-state index contributed by atoms with van der Waals surface area (Å²) >= 11 is 0. The van der Waals surface area contributed by atoms with Crippen molar-refractivity contribution in [1.29, 1.82) is 0 Å². The van der Waals surface area contributed by atoms with Crippen molar-refractivity contribution in [3.63, 3.8) is 0 Å². The van der Waals surface area contributed by atoms with Crippen LogP contribution in [-0.2, 0) is 14.4 Å². The normalized spacial score (nSPS) is 25.6. The number of likely N-dealkylation sites (tertiary alicyclic amines) is 1. The van der Waals surface area contributed by atoms with Gasteiger partial charge in [0.1, 0.15) is 11.6 Å². The maximum atomic E-state index is 12.8. The van der Waals surface area contributed by atoms with Gasteiger partial charge in [0.05, 0.1) is 0 Å². The van der Waals surface area contributed by atoms with Crippen LogP contribution in [-0.4, -0.2) is 46.4 Å². The van der Waals surface area contributed by atoms with Gasteiger partial charge in [0, 0.05) is 6.54 Å². The SMILES string of the molecule is CC(CC1CCCC1)(NC=O)C(=O)N1CCCC1C(=O)O. The number of hydrogen-bond acceptors (Lipinski definition) is 3. The van der Waals surface area contributed by atoms with E-state index in [1.807, 2.05) is 0 Å². The molecule has 2 unspecified atom stereocenters. The number of amides is 2. The predicted octanol–water partition coefficient (Wildman–Crippen LogP) is 1.15. The highest BCUT2D eigenvalue weighted by atomic mass is 16.4. The van der Waals surface area contributed by atoms with Crippen LogP contribution in [0.5, 0.6) is 0 Å². The summed E-state index contributed by atoms with van der Waals surface area (Å²) in [5, 5.41) is 11.9. The number of carboxylic acid groups (broad SMARTS) is 1. The third-order valence-electron chi connectivity index (χ3n) is 4.82. The highest BCUT2D eigenvalue weighted by Crippen LogP contribution is 2.33. The van der Waals surface area contributed by atoms with Crippen LogP contribution in [0.3, 0.4) is 0 Å². The van der Waals surface area contributed by atoms with Crippen LogP contribution in [0.2, 0.25) is 0 Å². The second kappa shape index (κ2) is 6.45. The Balaban J connectivity index is 2.13. The molecule has 0 bridgehead atoms. The molecule has 0 aromatic carbocycles. The van der Waals surface area contributed by atoms with Gasteiger partial charge in [-0.3, -0.25) is 9.59 Å². The molecule has 0 aromatic heterocycles. The molecule has 21 heavy (non-hydrogen) atoms. The van der Waals surface area contributed by atoms with E-state index in [4.69, 9.17) is 0 Å². The number of carbonyl (C=O) groups excluding carboxylic acids is 2. The van der Waals surface area contributed by atoms with Crippen molar-refractivity contribution in [2.75, 3.05) is 6.54 Å². The standard InChI is InChI=1S/C15H24N2O4/c1-15(16-10-18,9-11-5-2-3-6-11)14(21)17-8-4-7-12(17)13(19)20/h10-12H,2-9H2,1H3,(H,16,18)(H,19,20). The lowest BCUT2D eigenvalue weighted by Crippen LogP contribution is -2.58. The summed E-state index contributed by atoms with van der Waals surface area (Å²) in [6.45, 7) is 2.18. The van der Waals surface area contributed by atoms with Crippen LogP contribution in [0.15, 0.2) is 0 Å². The van der Waals surface area contributed by atoms with E-state index in [1.165, 1.54) is 4.90 Å². The molecule has 0 spiro atoms. The van der Waals surface area contributed by atoms with E-state index >= 15 is 0 Å². The highest BCUT2D eigenvalue weighted by Gasteiger charge is 2.44. The maximum Gasteiger partial charge on any atom is 0.326 e. The van der Waals surface area contributed by atoms with Crippen molar-refractivity contribution in [3.05, 3.63) is 0 Å². The minimum atomic E-state index is -0.991. The zero-order valence-corrected chi connectivity index (χ0v) is 12.5. The number of rotatable bonds is 6. The minimum Gasteiger partial charge on any atom is -0.480 e. The Morgan fingerprint density at radius 1 is 1.29 bits per heavy atom. The molecule has 0 aromatic rings. The van der Waals surface area contributed by atoms with E-state index in [1.54, 1.807) is 6.92 Å². The first-order valence-corrected chi connectivity index (χ1v) is 7.73. The van der Waals surface area contributed by atoms with Crippen molar-refractivity contribution >= 4 is 18.3 Å². The monoisotopic (exact) mass is 296 g/mol. The molecule has 1 heterocycles. The topological polar surface area (TPSA) is 86.7 Å². The number of hydrogen-bond donors (Lipinski definition) is 2. The molecule has 6 heteroatoms. The van der Waals surface area contributed by atoms with Crippen LogP contribution in [0.4, 0.5) is 0 Å². The molecule has 1 aliphatic carbocycles. The molecular weight excluding hydrogens is 272 g/mol. The van der Waals surface area contributed by atoms with E-state index in [2.05, 4.69) is 5.32 Å². The Labute approximate surface area is 124 Å². The molecule has 1 aliphatic heterocycles. The summed E-state index contributed by atoms with van der Waals surface area (Å²) in [5.74, 6) is -0.793. The van der Waals surface area contributed by atoms with Crippen LogP contribution in [0.1, 0.15) is 51.9 Å². The number of carbonyl (C=O) groups is 3. The Hall–Kier alpha value is -1.59. The van der Waals surface area contributed by atoms with E-state index in [0.717, 1.165) is 25.7 Å². The predicted molar refractivity (Wildman–Crippen MR) is 76.6 cm³/mol. The van der Waals surface area contributed by atoms with Crippen molar-refractivity contribution in [2.24, 2.45) is 5.92 Å². The second-order valence-electron chi connectivity index (χ2n) is 6.44. The van der Waals surface area contributed by atoms with Gasteiger partial charge in [0.25, 0.3) is 0 Å². The molecule has 2 atom stereocenters. The summed E-state index contributed by atoms with van der Waals surface area (Å²) in [7, 11) is 0. The maximum absolute atomic E-state index is 12.8. The Morgan fingerprint density at radius 2 is 1.95 bits per heavy atom. The number of carboxylic acids is 1. The molecule has 2 amide bonds. The third kappa shape index (κ3) is 3.36. The Bertz CT molecular complexity index is 420. The molecule has 6 nitrogen and oxygen atoms in total. The third-order valence-corrected chi connectivity index (χ3v) is 4.82. The zero-order chi connectivity index (χ0) is 15.5. The summed E-state index contributed by atoms with van der Waals surface area (Å²) in [6, 6.07) is -0.756. The first-order valence-electron chi connectivity index (χ1n) is 7.73. The van der Waals surface area contributed by atoms with E-state index in [9.17, 15) is 19.5 Å². The molecule has 2 fully saturated rings. The van der Waals surface area contributed by atoms with Gasteiger partial charge in [-0.1, -0.05) is 25.7 Å². The van der Waals surface area contributed by atoms with Crippen LogP contribution in [0.25, 0.3) is 0 Å². The molecule has 2 rings (SSSR count). The molecule has 1 saturated heterocycles. The number of aliphatic carboxylic acids is 1. The van der Waals surface area contributed by atoms with E-state index < -0.39 is 17.6 Å². The first kappa shape index (κ1) is 15.8. The van der Waals surface area contributed by atoms with Gasteiger partial charge in [-0.25, -0.2) is 4.79 Å². The summed E-state index contributed by atoms with van der Waals surface area (Å²) in [5.41, 5.74) is -0.991. The van der Waals surface area contributed by atoms with Gasteiger partial charge in [0.15, 0.2) is 0 Å². The molecule has 2 aliphatic rings. The second-order valence-corrected chi connectivity index (χ2v) is 6.44. The van der Waals surface area contributed by atoms with Gasteiger partial charge < -0.3 is 15.3 Å². The molecular formula is C15H24N2O4. The van der Waals surface area contributed by atoms with Gasteiger partial charge in [-0.15, -0.1) is 0 Å². The van der Waals surface area contributed by atoms with Crippen molar-refractivity contribution < 1.29 is 19.5 Å². The van der Waals surface area contributed by atoms with E-state index in [0.29, 0.717) is 38.1 Å². The Kier molecular flexibility index (Phi) is 4.85. The molecule has 1 saturated carbocycles. The smallest absolute Gasteiger partial charge is 0.326 e. The quantitative estimate of drug-likeness (QED) is 0.720. The van der Waals surface area contributed by atoms with Gasteiger partial charge in [-0.2, -0.15) is 0 Å². The summed E-state index contributed by atoms with van der Waals surface area (Å²) < 4.78 is 0. The lowest BCUT2D eigenvalue weighted by Gasteiger charge is -2.35. The zero-order valence-electron chi connectivity index (χ0n) is 12.5.